The molecule has 206 valence electrons. The first-order chi connectivity index (χ1) is 18.7. The van der Waals surface area contributed by atoms with E-state index < -0.39 is 15.8 Å². The molecule has 5 rings (SSSR count). The van der Waals surface area contributed by atoms with Crippen LogP contribution >= 0.6 is 0 Å². The molecule has 0 unspecified atom stereocenters. The molecule has 9 heteroatoms. The average molecular weight is 557 g/mol. The Balaban J connectivity index is 1.23. The standard InChI is InChI=1S/C30H31F3N2O3S/c31-23-8-4-21(5-9-23)29(22-6-10-24(32)11-7-22)14-15-30(36)34-18-16-27(17-19-34)35(26-12-13-26)39(37,38)28-3-1-2-25(33)20-28/h1-11,20,26-27,29H,12-19H2. The molecule has 0 bridgehead atoms. The van der Waals surface area contributed by atoms with E-state index in [4.69, 9.17) is 0 Å². The number of sulfonamides is 1. The molecule has 1 aliphatic carbocycles. The quantitative estimate of drug-likeness (QED) is 0.332. The maximum atomic E-state index is 13.8. The van der Waals surface area contributed by atoms with E-state index in [2.05, 4.69) is 0 Å². The van der Waals surface area contributed by atoms with Crippen LogP contribution in [-0.4, -0.2) is 48.7 Å². The molecule has 0 N–H and O–H groups in total. The predicted molar refractivity (Wildman–Crippen MR) is 142 cm³/mol. The highest BCUT2D eigenvalue weighted by Crippen LogP contribution is 2.37. The number of rotatable bonds is 9. The first-order valence-corrected chi connectivity index (χ1v) is 14.7. The number of hydrogen-bond donors (Lipinski definition) is 0. The molecule has 0 atom stereocenters. The molecule has 1 amide bonds. The van der Waals surface area contributed by atoms with Crippen LogP contribution in [0.2, 0.25) is 0 Å². The largest absolute Gasteiger partial charge is 0.343 e. The third kappa shape index (κ3) is 6.36. The smallest absolute Gasteiger partial charge is 0.243 e. The zero-order valence-corrected chi connectivity index (χ0v) is 22.3. The Morgan fingerprint density at radius 1 is 0.795 bits per heavy atom. The number of halogens is 3. The second-order valence-electron chi connectivity index (χ2n) is 10.3. The summed E-state index contributed by atoms with van der Waals surface area (Å²) in [4.78, 5) is 14.9. The van der Waals surface area contributed by atoms with Crippen LogP contribution in [0.5, 0.6) is 0 Å². The summed E-state index contributed by atoms with van der Waals surface area (Å²) in [5.74, 6) is -1.53. The Labute approximate surface area is 227 Å². The van der Waals surface area contributed by atoms with Gasteiger partial charge in [0.25, 0.3) is 0 Å². The molecule has 0 spiro atoms. The molecular weight excluding hydrogens is 525 g/mol. The van der Waals surface area contributed by atoms with Crippen LogP contribution in [0.4, 0.5) is 13.2 Å². The second kappa shape index (κ2) is 11.5. The highest BCUT2D eigenvalue weighted by Gasteiger charge is 2.43. The topological polar surface area (TPSA) is 57.7 Å². The van der Waals surface area contributed by atoms with Crippen molar-refractivity contribution < 1.29 is 26.4 Å². The highest BCUT2D eigenvalue weighted by atomic mass is 32.2. The Morgan fingerprint density at radius 2 is 1.33 bits per heavy atom. The van der Waals surface area contributed by atoms with Crippen molar-refractivity contribution in [3.05, 3.63) is 101 Å². The van der Waals surface area contributed by atoms with Crippen LogP contribution < -0.4 is 0 Å². The minimum absolute atomic E-state index is 0.0337. The third-order valence-corrected chi connectivity index (χ3v) is 9.65. The summed E-state index contributed by atoms with van der Waals surface area (Å²) in [6.45, 7) is 0.867. The summed E-state index contributed by atoms with van der Waals surface area (Å²) in [5.41, 5.74) is 1.69. The van der Waals surface area contributed by atoms with Crippen molar-refractivity contribution in [3.8, 4) is 0 Å². The molecule has 0 aromatic heterocycles. The van der Waals surface area contributed by atoms with Gasteiger partial charge in [0.2, 0.25) is 15.9 Å². The summed E-state index contributed by atoms with van der Waals surface area (Å²) in [6.07, 6.45) is 3.30. The summed E-state index contributed by atoms with van der Waals surface area (Å²) < 4.78 is 69.2. The van der Waals surface area contributed by atoms with Crippen LogP contribution in [0, 0.1) is 17.5 Å². The predicted octanol–water partition coefficient (Wildman–Crippen LogP) is 5.86. The van der Waals surface area contributed by atoms with Gasteiger partial charge in [-0.3, -0.25) is 4.79 Å². The van der Waals surface area contributed by atoms with Crippen molar-refractivity contribution in [2.24, 2.45) is 0 Å². The van der Waals surface area contributed by atoms with Crippen molar-refractivity contribution in [1.82, 2.24) is 9.21 Å². The van der Waals surface area contributed by atoms with Gasteiger partial charge < -0.3 is 4.90 Å². The summed E-state index contributed by atoms with van der Waals surface area (Å²) in [6, 6.07) is 17.0. The van der Waals surface area contributed by atoms with Crippen molar-refractivity contribution in [3.63, 3.8) is 0 Å². The maximum absolute atomic E-state index is 13.8. The SMILES string of the molecule is O=C(CCC(c1ccc(F)cc1)c1ccc(F)cc1)N1CCC(N(C2CC2)S(=O)(=O)c2cccc(F)c2)CC1. The van der Waals surface area contributed by atoms with Gasteiger partial charge in [0.15, 0.2) is 0 Å². The number of carbonyl (C=O) groups excluding carboxylic acids is 1. The van der Waals surface area contributed by atoms with Crippen LogP contribution in [0.15, 0.2) is 77.7 Å². The molecule has 2 aliphatic rings. The van der Waals surface area contributed by atoms with E-state index >= 15 is 0 Å². The summed E-state index contributed by atoms with van der Waals surface area (Å²) in [7, 11) is -3.85. The molecule has 2 fully saturated rings. The first kappa shape index (κ1) is 27.4. The fraction of sp³-hybridized carbons (Fsp3) is 0.367. The summed E-state index contributed by atoms with van der Waals surface area (Å²) in [5, 5.41) is 0. The Morgan fingerprint density at radius 3 is 1.85 bits per heavy atom. The van der Waals surface area contributed by atoms with Gasteiger partial charge in [-0.2, -0.15) is 4.31 Å². The molecule has 39 heavy (non-hydrogen) atoms. The van der Waals surface area contributed by atoms with Crippen LogP contribution in [0.25, 0.3) is 0 Å². The zero-order valence-electron chi connectivity index (χ0n) is 21.5. The van der Waals surface area contributed by atoms with Crippen LogP contribution in [0.3, 0.4) is 0 Å². The lowest BCUT2D eigenvalue weighted by Gasteiger charge is -2.38. The van der Waals surface area contributed by atoms with Gasteiger partial charge in [0.05, 0.1) is 4.90 Å². The number of carbonyl (C=O) groups is 1. The fourth-order valence-electron chi connectivity index (χ4n) is 5.48. The zero-order chi connectivity index (χ0) is 27.6. The number of benzene rings is 3. The maximum Gasteiger partial charge on any atom is 0.243 e. The van der Waals surface area contributed by atoms with Gasteiger partial charge in [0, 0.05) is 37.5 Å². The highest BCUT2D eigenvalue weighted by molar-refractivity contribution is 7.89. The van der Waals surface area contributed by atoms with Crippen molar-refractivity contribution in [1.29, 1.82) is 0 Å². The lowest BCUT2D eigenvalue weighted by atomic mass is 9.87. The minimum atomic E-state index is -3.85. The summed E-state index contributed by atoms with van der Waals surface area (Å²) >= 11 is 0. The van der Waals surface area contributed by atoms with Gasteiger partial charge in [-0.15, -0.1) is 0 Å². The lowest BCUT2D eigenvalue weighted by Crippen LogP contribution is -2.49. The minimum Gasteiger partial charge on any atom is -0.343 e. The molecule has 3 aromatic carbocycles. The average Bonchev–Trinajstić information content (AvgIpc) is 3.76. The molecule has 1 saturated carbocycles. The van der Waals surface area contributed by atoms with E-state index in [-0.39, 0.29) is 46.9 Å². The van der Waals surface area contributed by atoms with Crippen molar-refractivity contribution >= 4 is 15.9 Å². The third-order valence-electron chi connectivity index (χ3n) is 7.65. The fourth-order valence-corrected chi connectivity index (χ4v) is 7.44. The van der Waals surface area contributed by atoms with Gasteiger partial charge in [0.1, 0.15) is 17.5 Å². The van der Waals surface area contributed by atoms with E-state index in [0.717, 1.165) is 30.0 Å². The van der Waals surface area contributed by atoms with Gasteiger partial charge in [-0.05, 0) is 85.7 Å². The van der Waals surface area contributed by atoms with E-state index in [1.165, 1.54) is 42.5 Å². The normalized spacial score (nSPS) is 16.7. The molecular formula is C30H31F3N2O3S. The molecule has 1 heterocycles. The van der Waals surface area contributed by atoms with E-state index in [1.54, 1.807) is 33.5 Å². The Bertz CT molecular complexity index is 1360. The van der Waals surface area contributed by atoms with E-state index in [9.17, 15) is 26.4 Å². The Hall–Kier alpha value is -3.17. The molecule has 0 radical (unpaired) electrons. The van der Waals surface area contributed by atoms with Gasteiger partial charge in [-0.25, -0.2) is 21.6 Å². The Kier molecular flexibility index (Phi) is 8.09. The van der Waals surface area contributed by atoms with E-state index in [0.29, 0.717) is 32.4 Å². The number of amides is 1. The van der Waals surface area contributed by atoms with E-state index in [1.807, 2.05) is 0 Å². The molecule has 1 saturated heterocycles. The van der Waals surface area contributed by atoms with Gasteiger partial charge in [-0.1, -0.05) is 30.3 Å². The van der Waals surface area contributed by atoms with Crippen molar-refractivity contribution in [2.75, 3.05) is 13.1 Å². The monoisotopic (exact) mass is 556 g/mol. The van der Waals surface area contributed by atoms with Crippen molar-refractivity contribution in [2.45, 2.75) is 61.4 Å². The number of hydrogen-bond acceptors (Lipinski definition) is 3. The number of likely N-dealkylation sites (tertiary alicyclic amines) is 1. The number of piperidine rings is 1. The first-order valence-electron chi connectivity index (χ1n) is 13.3. The van der Waals surface area contributed by atoms with Gasteiger partial charge >= 0.3 is 0 Å². The second-order valence-corrected chi connectivity index (χ2v) is 12.2. The number of nitrogens with zero attached hydrogens (tertiary/aromatic N) is 2. The molecule has 1 aliphatic heterocycles. The van der Waals surface area contributed by atoms with Crippen LogP contribution in [-0.2, 0) is 14.8 Å². The lowest BCUT2D eigenvalue weighted by molar-refractivity contribution is -0.132. The molecule has 5 nitrogen and oxygen atoms in total. The van der Waals surface area contributed by atoms with Crippen LogP contribution in [0.1, 0.15) is 55.6 Å². The molecule has 3 aromatic rings.